The molecule has 192 valence electrons. The number of anilines is 2. The molecule has 8 nitrogen and oxygen atoms in total. The number of carbonyl (C=O) groups is 1. The van der Waals surface area contributed by atoms with Crippen molar-refractivity contribution in [2.24, 2.45) is 5.73 Å². The Bertz CT molecular complexity index is 1450. The van der Waals surface area contributed by atoms with E-state index >= 15 is 4.39 Å². The van der Waals surface area contributed by atoms with Crippen LogP contribution in [-0.2, 0) is 0 Å². The van der Waals surface area contributed by atoms with E-state index in [1.165, 1.54) is 10.6 Å². The summed E-state index contributed by atoms with van der Waals surface area (Å²) in [6, 6.07) is 7.34. The van der Waals surface area contributed by atoms with Crippen LogP contribution in [0.3, 0.4) is 0 Å². The molecule has 4 aromatic rings. The number of nitrogens with one attached hydrogen (secondary N) is 2. The van der Waals surface area contributed by atoms with Crippen molar-refractivity contribution in [1.82, 2.24) is 24.9 Å². The highest BCUT2D eigenvalue weighted by atomic mass is 19.1. The molecular formula is C27H29F2N7O. The molecule has 5 rings (SSSR count). The molecule has 2 atom stereocenters. The Hall–Kier alpha value is -3.92. The number of hydrogen-bond donors (Lipinski definition) is 3. The standard InChI is InChI=1S/C27H29F2N7O/c1-15(2)33-26(37)20-7-8-21(28)24(25(20)29)22-9-6-18-13-32-27(36(18)35-22)34-23-14-31-11-10-19(23)16-4-3-5-17(30)12-16/h6-11,13-17H,3-5,12,30H2,1-2H3,(H,32,34)(H,33,37)/t16-,17+/m1/s1. The summed E-state index contributed by atoms with van der Waals surface area (Å²) in [5, 5.41) is 10.4. The largest absolute Gasteiger partial charge is 0.350 e. The predicted molar refractivity (Wildman–Crippen MR) is 138 cm³/mol. The molecule has 1 aromatic carbocycles. The van der Waals surface area contributed by atoms with Crippen LogP contribution in [-0.4, -0.2) is 37.6 Å². The van der Waals surface area contributed by atoms with E-state index in [9.17, 15) is 9.18 Å². The monoisotopic (exact) mass is 505 g/mol. The number of halogens is 2. The van der Waals surface area contributed by atoms with Gasteiger partial charge in [0.25, 0.3) is 5.91 Å². The van der Waals surface area contributed by atoms with Gasteiger partial charge in [-0.15, -0.1) is 0 Å². The van der Waals surface area contributed by atoms with E-state index in [1.54, 1.807) is 38.5 Å². The summed E-state index contributed by atoms with van der Waals surface area (Å²) in [5.74, 6) is -1.73. The minimum Gasteiger partial charge on any atom is -0.350 e. The number of carbonyl (C=O) groups excluding carboxylic acids is 1. The van der Waals surface area contributed by atoms with E-state index in [0.29, 0.717) is 17.4 Å². The van der Waals surface area contributed by atoms with E-state index in [4.69, 9.17) is 5.73 Å². The average molecular weight is 506 g/mol. The first-order chi connectivity index (χ1) is 17.8. The molecular weight excluding hydrogens is 476 g/mol. The molecule has 3 heterocycles. The number of nitrogens with two attached hydrogens (primary N) is 1. The number of rotatable bonds is 6. The van der Waals surface area contributed by atoms with Crippen molar-refractivity contribution in [2.45, 2.75) is 57.5 Å². The molecule has 0 saturated heterocycles. The molecule has 1 aliphatic rings. The lowest BCUT2D eigenvalue weighted by atomic mass is 9.81. The summed E-state index contributed by atoms with van der Waals surface area (Å²) in [5.41, 5.74) is 8.14. The van der Waals surface area contributed by atoms with E-state index in [-0.39, 0.29) is 28.9 Å². The SMILES string of the molecule is CC(C)NC(=O)c1ccc(F)c(-c2ccc3cnc(Nc4cnccc4[C@@H]4CCC[C@H](N)C4)n3n2)c1F. The maximum Gasteiger partial charge on any atom is 0.254 e. The van der Waals surface area contributed by atoms with Crippen LogP contribution in [0.25, 0.3) is 16.8 Å². The summed E-state index contributed by atoms with van der Waals surface area (Å²) >= 11 is 0. The lowest BCUT2D eigenvalue weighted by Gasteiger charge is -2.28. The normalized spacial score (nSPS) is 17.8. The molecule has 1 amide bonds. The van der Waals surface area contributed by atoms with Gasteiger partial charge in [-0.25, -0.2) is 13.8 Å². The number of nitrogens with zero attached hydrogens (tertiary/aromatic N) is 4. The zero-order chi connectivity index (χ0) is 26.1. The van der Waals surface area contributed by atoms with Crippen LogP contribution < -0.4 is 16.4 Å². The third-order valence-corrected chi connectivity index (χ3v) is 6.65. The van der Waals surface area contributed by atoms with Gasteiger partial charge >= 0.3 is 0 Å². The highest BCUT2D eigenvalue weighted by Crippen LogP contribution is 2.36. The van der Waals surface area contributed by atoms with Gasteiger partial charge in [-0.05, 0) is 74.9 Å². The van der Waals surface area contributed by atoms with Crippen LogP contribution >= 0.6 is 0 Å². The molecule has 0 aliphatic heterocycles. The van der Waals surface area contributed by atoms with Crippen molar-refractivity contribution >= 4 is 23.1 Å². The van der Waals surface area contributed by atoms with E-state index in [0.717, 1.165) is 49.1 Å². The van der Waals surface area contributed by atoms with Crippen LogP contribution in [0.1, 0.15) is 61.4 Å². The first-order valence-corrected chi connectivity index (χ1v) is 12.4. The number of imidazole rings is 1. The lowest BCUT2D eigenvalue weighted by molar-refractivity contribution is 0.0939. The number of hydrogen-bond acceptors (Lipinski definition) is 6. The zero-order valence-corrected chi connectivity index (χ0v) is 20.7. The highest BCUT2D eigenvalue weighted by Gasteiger charge is 2.24. The average Bonchev–Trinajstić information content (AvgIpc) is 3.26. The van der Waals surface area contributed by atoms with Crippen molar-refractivity contribution in [2.75, 3.05) is 5.32 Å². The maximum absolute atomic E-state index is 15.4. The van der Waals surface area contributed by atoms with Crippen LogP contribution in [0.5, 0.6) is 0 Å². The fourth-order valence-electron chi connectivity index (χ4n) is 4.90. The van der Waals surface area contributed by atoms with Crippen LogP contribution in [0.15, 0.2) is 48.9 Å². The van der Waals surface area contributed by atoms with E-state index in [1.807, 2.05) is 6.07 Å². The fourth-order valence-corrected chi connectivity index (χ4v) is 4.90. The Balaban J connectivity index is 1.52. The molecule has 1 saturated carbocycles. The third kappa shape index (κ3) is 5.01. The highest BCUT2D eigenvalue weighted by molar-refractivity contribution is 5.96. The van der Waals surface area contributed by atoms with E-state index in [2.05, 4.69) is 25.7 Å². The Kier molecular flexibility index (Phi) is 6.84. The second-order valence-electron chi connectivity index (χ2n) is 9.76. The zero-order valence-electron chi connectivity index (χ0n) is 20.7. The summed E-state index contributed by atoms with van der Waals surface area (Å²) in [4.78, 5) is 21.2. The van der Waals surface area contributed by atoms with Gasteiger partial charge in [0, 0.05) is 18.3 Å². The van der Waals surface area contributed by atoms with Crippen molar-refractivity contribution in [3.63, 3.8) is 0 Å². The molecule has 0 spiro atoms. The third-order valence-electron chi connectivity index (χ3n) is 6.65. The van der Waals surface area contributed by atoms with Crippen LogP contribution in [0, 0.1) is 11.6 Å². The second kappa shape index (κ2) is 10.2. The number of fused-ring (bicyclic) bond motifs is 1. The first kappa shape index (κ1) is 24.8. The molecule has 0 radical (unpaired) electrons. The van der Waals surface area contributed by atoms with Gasteiger partial charge in [-0.3, -0.25) is 9.78 Å². The van der Waals surface area contributed by atoms with Crippen LogP contribution in [0.2, 0.25) is 0 Å². The lowest BCUT2D eigenvalue weighted by Crippen LogP contribution is -2.31. The minimum absolute atomic E-state index is 0.0346. The summed E-state index contributed by atoms with van der Waals surface area (Å²) in [6.45, 7) is 3.53. The summed E-state index contributed by atoms with van der Waals surface area (Å²) in [6.07, 6.45) is 9.13. The van der Waals surface area contributed by atoms with Gasteiger partial charge in [0.15, 0.2) is 0 Å². The Morgan fingerprint density at radius 1 is 1.14 bits per heavy atom. The Morgan fingerprint density at radius 3 is 2.76 bits per heavy atom. The molecule has 0 bridgehead atoms. The minimum atomic E-state index is -0.970. The summed E-state index contributed by atoms with van der Waals surface area (Å²) < 4.78 is 31.7. The Morgan fingerprint density at radius 2 is 1.97 bits per heavy atom. The molecule has 0 unspecified atom stereocenters. The molecule has 1 fully saturated rings. The first-order valence-electron chi connectivity index (χ1n) is 12.4. The predicted octanol–water partition coefficient (Wildman–Crippen LogP) is 4.94. The van der Waals surface area contributed by atoms with Gasteiger partial charge in [0.05, 0.1) is 40.4 Å². The van der Waals surface area contributed by atoms with Crippen LogP contribution in [0.4, 0.5) is 20.4 Å². The van der Waals surface area contributed by atoms with Gasteiger partial charge in [-0.1, -0.05) is 6.42 Å². The van der Waals surface area contributed by atoms with Gasteiger partial charge in [0.1, 0.15) is 11.6 Å². The van der Waals surface area contributed by atoms with Gasteiger partial charge in [0.2, 0.25) is 5.95 Å². The number of pyridine rings is 1. The molecule has 1 aliphatic carbocycles. The van der Waals surface area contributed by atoms with Crippen molar-refractivity contribution in [3.05, 3.63) is 71.7 Å². The smallest absolute Gasteiger partial charge is 0.254 e. The number of aromatic nitrogens is 4. The van der Waals surface area contributed by atoms with Crippen molar-refractivity contribution in [3.8, 4) is 11.3 Å². The maximum atomic E-state index is 15.4. The van der Waals surface area contributed by atoms with Gasteiger partial charge in [-0.2, -0.15) is 9.61 Å². The van der Waals surface area contributed by atoms with E-state index < -0.39 is 17.5 Å². The topological polar surface area (TPSA) is 110 Å². The number of amides is 1. The summed E-state index contributed by atoms with van der Waals surface area (Å²) in [7, 11) is 0. The van der Waals surface area contributed by atoms with Gasteiger partial charge < -0.3 is 16.4 Å². The Labute approximate surface area is 213 Å². The van der Waals surface area contributed by atoms with Crippen molar-refractivity contribution < 1.29 is 13.6 Å². The fraction of sp³-hybridized carbons (Fsp3) is 0.333. The molecule has 37 heavy (non-hydrogen) atoms. The molecule has 3 aromatic heterocycles. The van der Waals surface area contributed by atoms with Crippen molar-refractivity contribution in [1.29, 1.82) is 0 Å². The number of benzene rings is 1. The second-order valence-corrected chi connectivity index (χ2v) is 9.76. The quantitative estimate of drug-likeness (QED) is 0.343. The molecule has 10 heteroatoms. The molecule has 4 N–H and O–H groups in total.